The highest BCUT2D eigenvalue weighted by molar-refractivity contribution is 7.89. The summed E-state index contributed by atoms with van der Waals surface area (Å²) in [4.78, 5) is 4.67. The van der Waals surface area contributed by atoms with Gasteiger partial charge in [0.1, 0.15) is 4.90 Å². The summed E-state index contributed by atoms with van der Waals surface area (Å²) in [6, 6.07) is 4.01. The van der Waals surface area contributed by atoms with Crippen LogP contribution in [0.5, 0.6) is 0 Å². The number of hydrogen-bond donors (Lipinski definition) is 1. The molecule has 0 spiro atoms. The number of hydrogen-bond acceptors (Lipinski definition) is 7. The van der Waals surface area contributed by atoms with Crippen molar-refractivity contribution >= 4 is 21.7 Å². The van der Waals surface area contributed by atoms with Gasteiger partial charge in [0.25, 0.3) is 0 Å². The molecule has 0 unspecified atom stereocenters. The topological polar surface area (TPSA) is 98.3 Å². The Labute approximate surface area is 165 Å². The molecule has 4 heterocycles. The van der Waals surface area contributed by atoms with Gasteiger partial charge in [0, 0.05) is 39.3 Å². The van der Waals surface area contributed by atoms with Crippen LogP contribution in [0, 0.1) is 13.8 Å². The van der Waals surface area contributed by atoms with Crippen molar-refractivity contribution in [1.82, 2.24) is 24.7 Å². The first-order valence-electron chi connectivity index (χ1n) is 9.82. The summed E-state index contributed by atoms with van der Waals surface area (Å²) < 4.78 is 27.5. The molecule has 0 saturated carbocycles. The molecule has 152 valence electrons. The predicted octanol–water partition coefficient (Wildman–Crippen LogP) is 1.32. The molecule has 2 fully saturated rings. The lowest BCUT2D eigenvalue weighted by atomic mass is 10.1. The maximum atomic E-state index is 13.0. The van der Waals surface area contributed by atoms with Gasteiger partial charge in [-0.05, 0) is 45.2 Å². The van der Waals surface area contributed by atoms with E-state index >= 15 is 0 Å². The maximum Gasteiger partial charge on any atom is 0.246 e. The van der Waals surface area contributed by atoms with Crippen LogP contribution in [0.1, 0.15) is 30.7 Å². The van der Waals surface area contributed by atoms with E-state index in [-0.39, 0.29) is 0 Å². The van der Waals surface area contributed by atoms with Crippen molar-refractivity contribution in [3.8, 4) is 0 Å². The fourth-order valence-electron chi connectivity index (χ4n) is 3.99. The lowest BCUT2D eigenvalue weighted by Crippen LogP contribution is -2.49. The van der Waals surface area contributed by atoms with Gasteiger partial charge in [-0.15, -0.1) is 10.2 Å². The van der Waals surface area contributed by atoms with E-state index in [4.69, 9.17) is 0 Å². The summed E-state index contributed by atoms with van der Waals surface area (Å²) in [6.07, 6.45) is 3.69. The first-order valence-corrected chi connectivity index (χ1v) is 11.3. The molecule has 9 nitrogen and oxygen atoms in total. The van der Waals surface area contributed by atoms with E-state index in [0.717, 1.165) is 24.7 Å². The molecule has 2 aliphatic rings. The molecule has 0 aromatic carbocycles. The monoisotopic (exact) mass is 405 g/mol. The zero-order chi connectivity index (χ0) is 19.7. The number of aryl methyl sites for hydroxylation is 2. The number of piperidine rings is 1. The Balaban J connectivity index is 1.41. The number of aromatic amines is 1. The summed E-state index contributed by atoms with van der Waals surface area (Å²) in [5.41, 5.74) is 1.10. The van der Waals surface area contributed by atoms with Crippen molar-refractivity contribution in [2.45, 2.75) is 38.0 Å². The Morgan fingerprint density at radius 3 is 1.93 bits per heavy atom. The van der Waals surface area contributed by atoms with E-state index < -0.39 is 10.0 Å². The fraction of sp³-hybridized carbons (Fsp3) is 0.611. The maximum absolute atomic E-state index is 13.0. The minimum Gasteiger partial charge on any atom is -0.355 e. The fourth-order valence-corrected chi connectivity index (χ4v) is 5.74. The van der Waals surface area contributed by atoms with E-state index in [2.05, 4.69) is 30.2 Å². The molecule has 2 aromatic rings. The number of rotatable bonds is 4. The summed E-state index contributed by atoms with van der Waals surface area (Å²) >= 11 is 0. The van der Waals surface area contributed by atoms with Gasteiger partial charge in [-0.3, -0.25) is 5.10 Å². The molecule has 0 bridgehead atoms. The predicted molar refractivity (Wildman–Crippen MR) is 107 cm³/mol. The van der Waals surface area contributed by atoms with E-state index in [1.165, 1.54) is 23.6 Å². The van der Waals surface area contributed by atoms with Crippen molar-refractivity contribution < 1.29 is 8.42 Å². The van der Waals surface area contributed by atoms with Gasteiger partial charge in [0.15, 0.2) is 11.6 Å². The van der Waals surface area contributed by atoms with Crippen LogP contribution in [-0.2, 0) is 10.0 Å². The second-order valence-electron chi connectivity index (χ2n) is 7.45. The van der Waals surface area contributed by atoms with Crippen LogP contribution in [0.3, 0.4) is 0 Å². The van der Waals surface area contributed by atoms with Gasteiger partial charge >= 0.3 is 0 Å². The van der Waals surface area contributed by atoms with Crippen LogP contribution in [0.4, 0.5) is 11.6 Å². The molecule has 10 heteroatoms. The third-order valence-corrected chi connectivity index (χ3v) is 7.70. The van der Waals surface area contributed by atoms with Gasteiger partial charge < -0.3 is 9.80 Å². The largest absolute Gasteiger partial charge is 0.355 e. The zero-order valence-electron chi connectivity index (χ0n) is 16.4. The van der Waals surface area contributed by atoms with Crippen molar-refractivity contribution in [3.05, 3.63) is 23.5 Å². The average Bonchev–Trinajstić information content (AvgIpc) is 3.08. The molecule has 2 aromatic heterocycles. The molecule has 0 aliphatic carbocycles. The molecular formula is C18H27N7O2S. The Bertz CT molecular complexity index is 892. The highest BCUT2D eigenvalue weighted by atomic mass is 32.2. The van der Waals surface area contributed by atoms with Crippen molar-refractivity contribution in [2.75, 3.05) is 49.1 Å². The number of anilines is 2. The highest BCUT2D eigenvalue weighted by Gasteiger charge is 2.32. The van der Waals surface area contributed by atoms with Crippen molar-refractivity contribution in [1.29, 1.82) is 0 Å². The summed E-state index contributed by atoms with van der Waals surface area (Å²) in [6.45, 7) is 7.55. The van der Waals surface area contributed by atoms with Gasteiger partial charge in [-0.1, -0.05) is 0 Å². The second-order valence-corrected chi connectivity index (χ2v) is 9.33. The van der Waals surface area contributed by atoms with Gasteiger partial charge in [0.2, 0.25) is 10.0 Å². The van der Waals surface area contributed by atoms with Gasteiger partial charge in [0.05, 0.1) is 11.4 Å². The lowest BCUT2D eigenvalue weighted by molar-refractivity contribution is 0.383. The van der Waals surface area contributed by atoms with Crippen LogP contribution >= 0.6 is 0 Å². The Hall–Kier alpha value is -2.20. The van der Waals surface area contributed by atoms with E-state index in [9.17, 15) is 8.42 Å². The standard InChI is InChI=1S/C18H27N7O2S/c1-14-18(15(2)20-19-14)28(26,27)25-12-10-24(11-13-25)17-7-6-16(21-22-17)23-8-4-3-5-9-23/h6-7H,3-5,8-13H2,1-2H3,(H,19,20). The molecule has 1 N–H and O–H groups in total. The van der Waals surface area contributed by atoms with E-state index in [0.29, 0.717) is 42.5 Å². The van der Waals surface area contributed by atoms with Crippen LogP contribution in [-0.4, -0.2) is 72.4 Å². The molecular weight excluding hydrogens is 378 g/mol. The quantitative estimate of drug-likeness (QED) is 0.819. The highest BCUT2D eigenvalue weighted by Crippen LogP contribution is 2.24. The van der Waals surface area contributed by atoms with Gasteiger partial charge in [-0.25, -0.2) is 8.42 Å². The molecule has 0 amide bonds. The number of aromatic nitrogens is 4. The number of nitrogens with zero attached hydrogens (tertiary/aromatic N) is 6. The van der Waals surface area contributed by atoms with Crippen molar-refractivity contribution in [3.63, 3.8) is 0 Å². The lowest BCUT2D eigenvalue weighted by Gasteiger charge is -2.34. The minimum absolute atomic E-state index is 0.298. The minimum atomic E-state index is -3.54. The normalized spacial score (nSPS) is 19.2. The van der Waals surface area contributed by atoms with Crippen LogP contribution in [0.2, 0.25) is 0 Å². The zero-order valence-corrected chi connectivity index (χ0v) is 17.2. The van der Waals surface area contributed by atoms with Crippen molar-refractivity contribution in [2.24, 2.45) is 0 Å². The van der Waals surface area contributed by atoms with E-state index in [1.807, 2.05) is 12.1 Å². The van der Waals surface area contributed by atoms with Crippen LogP contribution < -0.4 is 9.80 Å². The summed E-state index contributed by atoms with van der Waals surface area (Å²) in [5.74, 6) is 1.73. The third-order valence-electron chi connectivity index (χ3n) is 5.54. The molecule has 4 rings (SSSR count). The molecule has 2 aliphatic heterocycles. The average molecular weight is 406 g/mol. The van der Waals surface area contributed by atoms with Crippen LogP contribution in [0.15, 0.2) is 17.0 Å². The Morgan fingerprint density at radius 1 is 0.857 bits per heavy atom. The number of H-pyrrole nitrogens is 1. The summed E-state index contributed by atoms with van der Waals surface area (Å²) in [5, 5.41) is 15.6. The number of piperazine rings is 1. The Morgan fingerprint density at radius 2 is 1.43 bits per heavy atom. The van der Waals surface area contributed by atoms with Gasteiger partial charge in [-0.2, -0.15) is 9.40 Å². The Kier molecular flexibility index (Phi) is 5.24. The number of nitrogens with one attached hydrogen (secondary N) is 1. The second kappa shape index (κ2) is 7.67. The van der Waals surface area contributed by atoms with Crippen LogP contribution in [0.25, 0.3) is 0 Å². The third kappa shape index (κ3) is 3.58. The van der Waals surface area contributed by atoms with E-state index in [1.54, 1.807) is 13.8 Å². The molecule has 0 radical (unpaired) electrons. The summed E-state index contributed by atoms with van der Waals surface area (Å²) in [7, 11) is -3.54. The first kappa shape index (κ1) is 19.1. The number of sulfonamides is 1. The molecule has 2 saturated heterocycles. The molecule has 28 heavy (non-hydrogen) atoms. The SMILES string of the molecule is Cc1n[nH]c(C)c1S(=O)(=O)N1CCN(c2ccc(N3CCCCC3)nn2)CC1. The first-order chi connectivity index (χ1) is 13.5. The molecule has 0 atom stereocenters. The smallest absolute Gasteiger partial charge is 0.246 e.